The summed E-state index contributed by atoms with van der Waals surface area (Å²) in [4.78, 5) is 2.50. The van der Waals surface area contributed by atoms with Gasteiger partial charge in [-0.1, -0.05) is 46.3 Å². The van der Waals surface area contributed by atoms with Gasteiger partial charge in [0.2, 0.25) is 0 Å². The van der Waals surface area contributed by atoms with Gasteiger partial charge in [-0.25, -0.2) is 0 Å². The van der Waals surface area contributed by atoms with E-state index in [1.165, 1.54) is 16.7 Å². The highest BCUT2D eigenvalue weighted by Crippen LogP contribution is 2.22. The lowest BCUT2D eigenvalue weighted by Gasteiger charge is -2.20. The molecule has 0 saturated carbocycles. The molecule has 2 aromatic carbocycles. The number of hydrogen-bond donors (Lipinski definition) is 1. The van der Waals surface area contributed by atoms with Gasteiger partial charge in [0.1, 0.15) is 0 Å². The summed E-state index contributed by atoms with van der Waals surface area (Å²) in [6.45, 7) is 3.14. The fraction of sp³-hybridized carbons (Fsp3) is 0.294. The van der Waals surface area contributed by atoms with Gasteiger partial charge in [0.05, 0.1) is 0 Å². The molecule has 0 spiro atoms. The highest BCUT2D eigenvalue weighted by molar-refractivity contribution is 9.10. The molecule has 1 aliphatic heterocycles. The van der Waals surface area contributed by atoms with E-state index < -0.39 is 0 Å². The van der Waals surface area contributed by atoms with Crippen LogP contribution in [0.4, 0.5) is 5.69 Å². The number of fused-ring (bicyclic) bond motifs is 1. The van der Waals surface area contributed by atoms with E-state index in [1.807, 2.05) is 6.07 Å². The Morgan fingerprint density at radius 1 is 1.00 bits per heavy atom. The molecule has 0 saturated heterocycles. The van der Waals surface area contributed by atoms with Crippen LogP contribution in [0.2, 0.25) is 0 Å². The van der Waals surface area contributed by atoms with Crippen molar-refractivity contribution in [2.24, 2.45) is 0 Å². The molecule has 2 aromatic rings. The molecule has 2 N–H and O–H groups in total. The Kier molecular flexibility index (Phi) is 4.08. The topological polar surface area (TPSA) is 29.3 Å². The maximum Gasteiger partial charge on any atom is 0.0371 e. The number of hydrogen-bond acceptors (Lipinski definition) is 2. The van der Waals surface area contributed by atoms with Crippen molar-refractivity contribution >= 4 is 21.6 Å². The highest BCUT2D eigenvalue weighted by Gasteiger charge is 2.14. The Bertz CT molecular complexity index is 583. The zero-order chi connectivity index (χ0) is 13.9. The molecule has 1 heterocycles. The molecule has 0 radical (unpaired) electrons. The summed E-state index contributed by atoms with van der Waals surface area (Å²) >= 11 is 3.46. The summed E-state index contributed by atoms with van der Waals surface area (Å²) < 4.78 is 1.04. The summed E-state index contributed by atoms with van der Waals surface area (Å²) in [7, 11) is 0. The fourth-order valence-electron chi connectivity index (χ4n) is 2.82. The van der Waals surface area contributed by atoms with Crippen LogP contribution in [0.3, 0.4) is 0 Å². The minimum absolute atomic E-state index is 0.876. The predicted octanol–water partition coefficient (Wildman–Crippen LogP) is 3.63. The van der Waals surface area contributed by atoms with Gasteiger partial charge in [0.15, 0.2) is 0 Å². The molecular formula is C17H19BrN2. The Balaban J connectivity index is 1.71. The molecular weight excluding hydrogens is 312 g/mol. The molecule has 2 nitrogen and oxygen atoms in total. The van der Waals surface area contributed by atoms with Gasteiger partial charge in [0, 0.05) is 29.8 Å². The van der Waals surface area contributed by atoms with E-state index in [-0.39, 0.29) is 0 Å². The highest BCUT2D eigenvalue weighted by atomic mass is 79.9. The van der Waals surface area contributed by atoms with Gasteiger partial charge >= 0.3 is 0 Å². The number of anilines is 1. The van der Waals surface area contributed by atoms with Gasteiger partial charge in [-0.3, -0.25) is 4.90 Å². The number of halogens is 1. The van der Waals surface area contributed by atoms with Crippen LogP contribution in [0.15, 0.2) is 46.9 Å². The van der Waals surface area contributed by atoms with Crippen LogP contribution in [0.5, 0.6) is 0 Å². The second kappa shape index (κ2) is 5.98. The first kappa shape index (κ1) is 13.7. The number of nitrogens with two attached hydrogens (primary N) is 1. The molecule has 0 atom stereocenters. The smallest absolute Gasteiger partial charge is 0.0371 e. The summed E-state index contributed by atoms with van der Waals surface area (Å²) in [5.41, 5.74) is 11.2. The van der Waals surface area contributed by atoms with Crippen LogP contribution in [0.1, 0.15) is 16.7 Å². The molecule has 3 heteroatoms. The van der Waals surface area contributed by atoms with Gasteiger partial charge in [-0.2, -0.15) is 0 Å². The maximum absolute atomic E-state index is 6.11. The van der Waals surface area contributed by atoms with Crippen LogP contribution in [-0.2, 0) is 19.4 Å². The second-order valence-corrected chi connectivity index (χ2v) is 6.30. The molecule has 0 fully saturated rings. The number of rotatable bonds is 2. The van der Waals surface area contributed by atoms with Crippen molar-refractivity contribution in [2.45, 2.75) is 19.4 Å². The van der Waals surface area contributed by atoms with E-state index in [9.17, 15) is 0 Å². The molecule has 20 heavy (non-hydrogen) atoms. The van der Waals surface area contributed by atoms with E-state index in [2.05, 4.69) is 57.2 Å². The van der Waals surface area contributed by atoms with E-state index in [1.54, 1.807) is 0 Å². The summed E-state index contributed by atoms with van der Waals surface area (Å²) in [5.74, 6) is 0. The lowest BCUT2D eigenvalue weighted by Crippen LogP contribution is -2.26. The lowest BCUT2D eigenvalue weighted by atomic mass is 10.0. The number of nitrogens with zero attached hydrogens (tertiary/aromatic N) is 1. The number of benzene rings is 2. The third kappa shape index (κ3) is 3.05. The van der Waals surface area contributed by atoms with E-state index in [4.69, 9.17) is 5.73 Å². The first-order valence-corrected chi connectivity index (χ1v) is 7.85. The van der Waals surface area contributed by atoms with Crippen molar-refractivity contribution in [3.05, 3.63) is 63.6 Å². The zero-order valence-electron chi connectivity index (χ0n) is 11.5. The summed E-state index contributed by atoms with van der Waals surface area (Å²) in [5, 5.41) is 0. The molecule has 0 aliphatic carbocycles. The van der Waals surface area contributed by atoms with Crippen molar-refractivity contribution in [2.75, 3.05) is 18.8 Å². The van der Waals surface area contributed by atoms with Crippen molar-refractivity contribution in [3.8, 4) is 0 Å². The van der Waals surface area contributed by atoms with Gasteiger partial charge in [-0.15, -0.1) is 0 Å². The normalized spacial score (nSPS) is 15.7. The largest absolute Gasteiger partial charge is 0.398 e. The first-order valence-electron chi connectivity index (χ1n) is 7.05. The van der Waals surface area contributed by atoms with Gasteiger partial charge < -0.3 is 5.73 Å². The van der Waals surface area contributed by atoms with Gasteiger partial charge in [-0.05, 0) is 41.7 Å². The minimum Gasteiger partial charge on any atom is -0.398 e. The van der Waals surface area contributed by atoms with Gasteiger partial charge in [0.25, 0.3) is 0 Å². The minimum atomic E-state index is 0.876. The van der Waals surface area contributed by atoms with E-state index in [0.717, 1.165) is 42.6 Å². The Morgan fingerprint density at radius 2 is 1.65 bits per heavy atom. The molecule has 1 aliphatic rings. The SMILES string of the molecule is Nc1cc(Br)ccc1CN1CCc2ccccc2CC1. The zero-order valence-corrected chi connectivity index (χ0v) is 13.1. The molecule has 0 aromatic heterocycles. The Labute approximate surface area is 128 Å². The molecule has 0 bridgehead atoms. The van der Waals surface area contributed by atoms with Crippen molar-refractivity contribution in [1.82, 2.24) is 4.90 Å². The standard InChI is InChI=1S/C17H19BrN2/c18-16-6-5-15(17(19)11-16)12-20-9-7-13-3-1-2-4-14(13)8-10-20/h1-6,11H,7-10,12,19H2. The second-order valence-electron chi connectivity index (χ2n) is 5.39. The molecule has 104 valence electrons. The molecule has 3 rings (SSSR count). The molecule has 0 amide bonds. The first-order chi connectivity index (χ1) is 9.72. The lowest BCUT2D eigenvalue weighted by molar-refractivity contribution is 0.280. The van der Waals surface area contributed by atoms with E-state index >= 15 is 0 Å². The van der Waals surface area contributed by atoms with Crippen LogP contribution in [-0.4, -0.2) is 18.0 Å². The predicted molar refractivity (Wildman–Crippen MR) is 87.7 cm³/mol. The summed E-state index contributed by atoms with van der Waals surface area (Å²) in [6, 6.07) is 15.0. The average Bonchev–Trinajstić information content (AvgIpc) is 2.65. The average molecular weight is 331 g/mol. The third-order valence-corrected chi connectivity index (χ3v) is 4.51. The van der Waals surface area contributed by atoms with Crippen LogP contribution in [0, 0.1) is 0 Å². The van der Waals surface area contributed by atoms with Crippen molar-refractivity contribution < 1.29 is 0 Å². The number of nitrogen functional groups attached to an aromatic ring is 1. The van der Waals surface area contributed by atoms with Crippen LogP contribution < -0.4 is 5.73 Å². The van der Waals surface area contributed by atoms with E-state index in [0.29, 0.717) is 0 Å². The monoisotopic (exact) mass is 330 g/mol. The van der Waals surface area contributed by atoms with Crippen LogP contribution >= 0.6 is 15.9 Å². The summed E-state index contributed by atoms with van der Waals surface area (Å²) in [6.07, 6.45) is 2.26. The third-order valence-electron chi connectivity index (χ3n) is 4.01. The van der Waals surface area contributed by atoms with Crippen molar-refractivity contribution in [1.29, 1.82) is 0 Å². The maximum atomic E-state index is 6.11. The Morgan fingerprint density at radius 3 is 2.25 bits per heavy atom. The van der Waals surface area contributed by atoms with Crippen LogP contribution in [0.25, 0.3) is 0 Å². The Hall–Kier alpha value is -1.32. The quantitative estimate of drug-likeness (QED) is 0.852. The molecule has 0 unspecified atom stereocenters. The van der Waals surface area contributed by atoms with Crippen molar-refractivity contribution in [3.63, 3.8) is 0 Å². The fourth-order valence-corrected chi connectivity index (χ4v) is 3.20.